The number of nitrogens with zero attached hydrogens (tertiary/aromatic N) is 2. The molecular formula is C62H64Cl2N2S2. The van der Waals surface area contributed by atoms with Gasteiger partial charge in [-0.25, -0.2) is 0 Å². The first-order chi connectivity index (χ1) is 33.6. The third-order valence-corrected chi connectivity index (χ3v) is 14.9. The maximum Gasteiger partial charge on any atom is 0.105 e. The number of fused-ring (bicyclic) bond motifs is 6. The second-order valence-corrected chi connectivity index (χ2v) is 18.7. The fourth-order valence-electron chi connectivity index (χ4n) is 10.0. The number of unbranched alkanes of at least 4 members (excludes halogenated alkanes) is 2. The number of aromatic nitrogens is 2. The summed E-state index contributed by atoms with van der Waals surface area (Å²) in [5, 5.41) is 12.5. The van der Waals surface area contributed by atoms with Crippen LogP contribution in [0.3, 0.4) is 0 Å². The number of terminal acetylenes is 1. The van der Waals surface area contributed by atoms with Gasteiger partial charge in [-0.15, -0.1) is 58.2 Å². The third-order valence-electron chi connectivity index (χ3n) is 12.9. The number of rotatable bonds is 14. The lowest BCUT2D eigenvalue weighted by atomic mass is 9.85. The molecule has 4 aromatic heterocycles. The Labute approximate surface area is 423 Å². The van der Waals surface area contributed by atoms with Gasteiger partial charge in [0.05, 0.1) is 22.1 Å². The molecule has 10 rings (SSSR count). The quantitative estimate of drug-likeness (QED) is 0.0584. The molecule has 0 aliphatic rings. The summed E-state index contributed by atoms with van der Waals surface area (Å²) in [6.07, 6.45) is 18.8. The molecule has 0 N–H and O–H groups in total. The molecule has 0 radical (unpaired) electrons. The van der Waals surface area contributed by atoms with Crippen LogP contribution in [0.25, 0.3) is 75.9 Å². The number of alkyl halides is 2. The van der Waals surface area contributed by atoms with Crippen LogP contribution < -0.4 is 0 Å². The monoisotopic (exact) mass is 970 g/mol. The van der Waals surface area contributed by atoms with Gasteiger partial charge in [-0.2, -0.15) is 0 Å². The molecule has 0 bridgehead atoms. The van der Waals surface area contributed by atoms with Crippen LogP contribution >= 0.6 is 45.9 Å². The van der Waals surface area contributed by atoms with E-state index in [9.17, 15) is 0 Å². The minimum absolute atomic E-state index is 0.515. The normalized spacial score (nSPS) is 11.4. The zero-order chi connectivity index (χ0) is 48.0. The lowest BCUT2D eigenvalue weighted by Crippen LogP contribution is -2.02. The second kappa shape index (κ2) is 24.7. The van der Waals surface area contributed by atoms with E-state index in [0.29, 0.717) is 12.3 Å². The van der Waals surface area contributed by atoms with Crippen molar-refractivity contribution < 1.29 is 0 Å². The van der Waals surface area contributed by atoms with Crippen LogP contribution in [0.4, 0.5) is 0 Å². The highest BCUT2D eigenvalue weighted by Crippen LogP contribution is 2.44. The Hall–Kier alpha value is -5.54. The summed E-state index contributed by atoms with van der Waals surface area (Å²) in [5.74, 6) is 3.54. The molecule has 6 aromatic carbocycles. The lowest BCUT2D eigenvalue weighted by Gasteiger charge is -2.20. The van der Waals surface area contributed by atoms with Gasteiger partial charge in [-0.1, -0.05) is 168 Å². The van der Waals surface area contributed by atoms with Crippen molar-refractivity contribution in [3.8, 4) is 44.6 Å². The Balaban J connectivity index is 0.000000931. The zero-order valence-electron chi connectivity index (χ0n) is 40.5. The molecular weight excluding hydrogens is 908 g/mol. The van der Waals surface area contributed by atoms with Gasteiger partial charge in [-0.3, -0.25) is 0 Å². The molecule has 0 saturated heterocycles. The van der Waals surface area contributed by atoms with E-state index in [1.807, 2.05) is 22.7 Å². The first kappa shape index (κ1) is 50.3. The number of thiophene rings is 2. The van der Waals surface area contributed by atoms with Gasteiger partial charge < -0.3 is 9.13 Å². The molecule has 0 aliphatic carbocycles. The van der Waals surface area contributed by atoms with Crippen molar-refractivity contribution in [2.45, 2.75) is 91.4 Å². The van der Waals surface area contributed by atoms with Gasteiger partial charge in [0, 0.05) is 57.1 Å². The van der Waals surface area contributed by atoms with Crippen LogP contribution in [0.5, 0.6) is 0 Å². The Kier molecular flexibility index (Phi) is 18.3. The largest absolute Gasteiger partial charge is 0.300 e. The fraction of sp³-hybridized carbons (Fsp3) is 0.258. The molecule has 2 nitrogen and oxygen atoms in total. The highest BCUT2D eigenvalue weighted by molar-refractivity contribution is 7.13. The minimum Gasteiger partial charge on any atom is -0.300 e. The van der Waals surface area contributed by atoms with Crippen molar-refractivity contribution in [2.75, 3.05) is 12.8 Å². The highest BCUT2D eigenvalue weighted by Gasteiger charge is 2.23. The molecule has 0 saturated carbocycles. The van der Waals surface area contributed by atoms with Crippen LogP contribution in [0.15, 0.2) is 156 Å². The first-order valence-electron chi connectivity index (χ1n) is 24.2. The van der Waals surface area contributed by atoms with E-state index in [1.54, 1.807) is 0 Å². The molecule has 4 heterocycles. The predicted octanol–water partition coefficient (Wildman–Crippen LogP) is 19.5. The molecule has 0 amide bonds. The molecule has 68 heavy (non-hydrogen) atoms. The van der Waals surface area contributed by atoms with Gasteiger partial charge in [0.25, 0.3) is 0 Å². The smallest absolute Gasteiger partial charge is 0.105 e. The summed E-state index contributed by atoms with van der Waals surface area (Å²) < 4.78 is 4.94. The number of aryl methyl sites for hydroxylation is 1. The van der Waals surface area contributed by atoms with E-state index in [-0.39, 0.29) is 0 Å². The molecule has 0 fully saturated rings. The van der Waals surface area contributed by atoms with E-state index in [2.05, 4.69) is 222 Å². The van der Waals surface area contributed by atoms with E-state index in [1.165, 1.54) is 137 Å². The molecule has 0 spiro atoms. The van der Waals surface area contributed by atoms with Gasteiger partial charge in [-0.05, 0) is 101 Å². The molecule has 0 aliphatic heterocycles. The maximum absolute atomic E-state index is 6.10. The SMILES string of the molecule is C#CCc1c(-c2ccccc2CCCCCC(CC)c2ccccc2-c2csc(-n3c4ccccc4c4ccccc43)c2CC)csc1-n1c2ccccc2c2ccccc21.CCC.CCl.CCl. The lowest BCUT2D eigenvalue weighted by molar-refractivity contribution is 0.546. The summed E-state index contributed by atoms with van der Waals surface area (Å²) in [7, 11) is 0. The number of halogens is 2. The number of benzene rings is 6. The number of para-hydroxylation sites is 4. The van der Waals surface area contributed by atoms with Gasteiger partial charge >= 0.3 is 0 Å². The van der Waals surface area contributed by atoms with Crippen LogP contribution in [-0.4, -0.2) is 21.9 Å². The Morgan fingerprint density at radius 3 is 1.41 bits per heavy atom. The van der Waals surface area contributed by atoms with Crippen molar-refractivity contribution in [1.29, 1.82) is 0 Å². The predicted molar refractivity (Wildman–Crippen MR) is 305 cm³/mol. The topological polar surface area (TPSA) is 9.86 Å². The van der Waals surface area contributed by atoms with E-state index in [4.69, 9.17) is 6.42 Å². The minimum atomic E-state index is 0.515. The van der Waals surface area contributed by atoms with E-state index >= 15 is 0 Å². The zero-order valence-corrected chi connectivity index (χ0v) is 43.6. The third kappa shape index (κ3) is 10.1. The average Bonchev–Trinajstić information content (AvgIpc) is 4.17. The van der Waals surface area contributed by atoms with Crippen molar-refractivity contribution in [3.05, 3.63) is 179 Å². The average molecular weight is 972 g/mol. The van der Waals surface area contributed by atoms with Crippen molar-refractivity contribution in [1.82, 2.24) is 9.13 Å². The van der Waals surface area contributed by atoms with Crippen LogP contribution in [0.2, 0.25) is 0 Å². The van der Waals surface area contributed by atoms with Crippen LogP contribution in [-0.2, 0) is 19.3 Å². The molecule has 10 aromatic rings. The molecule has 348 valence electrons. The Morgan fingerprint density at radius 1 is 0.500 bits per heavy atom. The first-order valence-corrected chi connectivity index (χ1v) is 27.4. The molecule has 1 unspecified atom stereocenters. The molecule has 6 heteroatoms. The van der Waals surface area contributed by atoms with Crippen LogP contribution in [0, 0.1) is 12.3 Å². The second-order valence-electron chi connectivity index (χ2n) is 17.0. The van der Waals surface area contributed by atoms with Crippen molar-refractivity contribution in [2.24, 2.45) is 0 Å². The van der Waals surface area contributed by atoms with Gasteiger partial charge in [0.2, 0.25) is 0 Å². The molecule has 1 atom stereocenters. The summed E-state index contributed by atoms with van der Waals surface area (Å²) >= 11 is 13.0. The summed E-state index contributed by atoms with van der Waals surface area (Å²) in [6.45, 7) is 8.94. The standard InChI is InChI=1S/C57H50N2S2.C3H8.2CH3Cl/c1-4-22-49-51(38-61-57(49)59-54-35-20-16-31-47(54)48-32-17-21-36-55(48)59)43-27-11-10-25-40(43)24-9-7-8-23-39(5-2)42-26-12-13-28-44(42)50-37-60-56(41(50)6-3)58-52-33-18-14-29-45(52)46-30-15-19-34-53(46)58;1-3-2;2*1-2/h1,10-21,25-39H,5-9,22-24H2,2-3H3;3H2,1-2H3;2*1H3. The van der Waals surface area contributed by atoms with Crippen LogP contribution in [0.1, 0.15) is 94.4 Å². The Bertz CT molecular complexity index is 3140. The van der Waals surface area contributed by atoms with Gasteiger partial charge in [0.15, 0.2) is 0 Å². The highest BCUT2D eigenvalue weighted by atomic mass is 35.5. The number of hydrogen-bond donors (Lipinski definition) is 0. The summed E-state index contributed by atoms with van der Waals surface area (Å²) in [5.41, 5.74) is 16.0. The van der Waals surface area contributed by atoms with E-state index in [0.717, 1.165) is 25.7 Å². The Morgan fingerprint density at radius 2 is 0.926 bits per heavy atom. The summed E-state index contributed by atoms with van der Waals surface area (Å²) in [4.78, 5) is 0. The maximum atomic E-state index is 6.10. The van der Waals surface area contributed by atoms with Gasteiger partial charge in [0.1, 0.15) is 10.0 Å². The summed E-state index contributed by atoms with van der Waals surface area (Å²) in [6, 6.07) is 53.5. The van der Waals surface area contributed by atoms with E-state index < -0.39 is 0 Å². The fourth-order valence-corrected chi connectivity index (χ4v) is 12.4. The van der Waals surface area contributed by atoms with Crippen molar-refractivity contribution in [3.63, 3.8) is 0 Å². The van der Waals surface area contributed by atoms with Crippen molar-refractivity contribution >= 4 is 89.5 Å². The number of hydrogen-bond acceptors (Lipinski definition) is 2.